The molecule has 1 aliphatic rings. The van der Waals surface area contributed by atoms with Crippen molar-refractivity contribution in [1.82, 2.24) is 4.90 Å². The zero-order valence-corrected chi connectivity index (χ0v) is 12.2. The minimum absolute atomic E-state index is 0.158. The number of hydrogen-bond donors (Lipinski definition) is 1. The van der Waals surface area contributed by atoms with Crippen LogP contribution in [0.5, 0.6) is 5.75 Å². The maximum Gasteiger partial charge on any atom is 0.308 e. The lowest BCUT2D eigenvalue weighted by Gasteiger charge is -2.21. The van der Waals surface area contributed by atoms with Gasteiger partial charge in [0.25, 0.3) is 0 Å². The molecule has 1 saturated heterocycles. The van der Waals surface area contributed by atoms with Crippen molar-refractivity contribution in [3.05, 3.63) is 35.9 Å². The summed E-state index contributed by atoms with van der Waals surface area (Å²) in [5.74, 6) is -0.743. The predicted molar refractivity (Wildman–Crippen MR) is 78.9 cm³/mol. The maximum absolute atomic E-state index is 12.2. The third-order valence-corrected chi connectivity index (χ3v) is 3.87. The standard InChI is InChI=1S/C16H19NO4/c1-11-14(16(19)20)8-9-17(11)15(18)7-6-12-4-3-5-13(10-12)21-2/h3-7,10-11,14H,8-9H2,1-2H3,(H,19,20). The molecule has 1 heterocycles. The average molecular weight is 289 g/mol. The molecule has 2 rings (SSSR count). The van der Waals surface area contributed by atoms with Gasteiger partial charge in [-0.2, -0.15) is 0 Å². The molecule has 2 unspecified atom stereocenters. The topological polar surface area (TPSA) is 66.8 Å². The SMILES string of the molecule is COc1cccc(C=CC(=O)N2CCC(C(=O)O)C2C)c1. The van der Waals surface area contributed by atoms with Crippen LogP contribution >= 0.6 is 0 Å². The first-order chi connectivity index (χ1) is 10.0. The van der Waals surface area contributed by atoms with Crippen molar-refractivity contribution >= 4 is 18.0 Å². The van der Waals surface area contributed by atoms with E-state index >= 15 is 0 Å². The first kappa shape index (κ1) is 15.1. The molecule has 1 aromatic rings. The van der Waals surface area contributed by atoms with Crippen molar-refractivity contribution in [3.63, 3.8) is 0 Å². The van der Waals surface area contributed by atoms with Gasteiger partial charge in [-0.05, 0) is 37.1 Å². The second-order valence-electron chi connectivity index (χ2n) is 5.12. The Morgan fingerprint density at radius 1 is 1.43 bits per heavy atom. The molecule has 0 spiro atoms. The van der Waals surface area contributed by atoms with Crippen LogP contribution in [0.1, 0.15) is 18.9 Å². The van der Waals surface area contributed by atoms with Crippen LogP contribution in [0.15, 0.2) is 30.3 Å². The Bertz CT molecular complexity index is 567. The van der Waals surface area contributed by atoms with Gasteiger partial charge in [0, 0.05) is 18.7 Å². The van der Waals surface area contributed by atoms with Crippen LogP contribution < -0.4 is 4.74 Å². The Morgan fingerprint density at radius 3 is 2.81 bits per heavy atom. The van der Waals surface area contributed by atoms with E-state index in [4.69, 9.17) is 9.84 Å². The first-order valence-corrected chi connectivity index (χ1v) is 6.88. The Kier molecular flexibility index (Phi) is 4.62. The second-order valence-corrected chi connectivity index (χ2v) is 5.12. The molecule has 1 amide bonds. The van der Waals surface area contributed by atoms with Crippen LogP contribution in [0.25, 0.3) is 6.08 Å². The van der Waals surface area contributed by atoms with Gasteiger partial charge in [-0.3, -0.25) is 9.59 Å². The molecule has 5 heteroatoms. The molecule has 21 heavy (non-hydrogen) atoms. The number of likely N-dealkylation sites (tertiary alicyclic amines) is 1. The summed E-state index contributed by atoms with van der Waals surface area (Å²) in [4.78, 5) is 24.8. The summed E-state index contributed by atoms with van der Waals surface area (Å²) >= 11 is 0. The number of ether oxygens (including phenoxy) is 1. The molecule has 1 fully saturated rings. The van der Waals surface area contributed by atoms with E-state index < -0.39 is 11.9 Å². The molecular weight excluding hydrogens is 270 g/mol. The summed E-state index contributed by atoms with van der Waals surface area (Å²) in [6, 6.07) is 7.11. The van der Waals surface area contributed by atoms with Gasteiger partial charge in [0.2, 0.25) is 5.91 Å². The molecule has 0 radical (unpaired) electrons. The highest BCUT2D eigenvalue weighted by Gasteiger charge is 2.37. The van der Waals surface area contributed by atoms with E-state index in [0.717, 1.165) is 11.3 Å². The van der Waals surface area contributed by atoms with Gasteiger partial charge in [-0.1, -0.05) is 12.1 Å². The van der Waals surface area contributed by atoms with E-state index in [1.807, 2.05) is 24.3 Å². The lowest BCUT2D eigenvalue weighted by Crippen LogP contribution is -2.36. The normalized spacial score (nSPS) is 21.7. The number of hydrogen-bond acceptors (Lipinski definition) is 3. The summed E-state index contributed by atoms with van der Waals surface area (Å²) in [7, 11) is 1.59. The second kappa shape index (κ2) is 6.43. The average Bonchev–Trinajstić information content (AvgIpc) is 2.87. The number of nitrogens with zero attached hydrogens (tertiary/aromatic N) is 1. The number of carboxylic acid groups (broad SMARTS) is 1. The summed E-state index contributed by atoms with van der Waals surface area (Å²) in [6.45, 7) is 2.27. The number of aliphatic carboxylic acids is 1. The molecule has 0 aliphatic carbocycles. The van der Waals surface area contributed by atoms with Gasteiger partial charge in [-0.15, -0.1) is 0 Å². The van der Waals surface area contributed by atoms with Gasteiger partial charge in [-0.25, -0.2) is 0 Å². The van der Waals surface area contributed by atoms with E-state index in [1.165, 1.54) is 6.08 Å². The number of carbonyl (C=O) groups is 2. The number of rotatable bonds is 4. The molecule has 112 valence electrons. The van der Waals surface area contributed by atoms with Crippen molar-refractivity contribution in [2.24, 2.45) is 5.92 Å². The fraction of sp³-hybridized carbons (Fsp3) is 0.375. The van der Waals surface area contributed by atoms with Gasteiger partial charge in [0.05, 0.1) is 13.0 Å². The first-order valence-electron chi connectivity index (χ1n) is 6.88. The molecule has 5 nitrogen and oxygen atoms in total. The van der Waals surface area contributed by atoms with E-state index in [0.29, 0.717) is 13.0 Å². The number of carboxylic acids is 1. The molecule has 1 aromatic carbocycles. The summed E-state index contributed by atoms with van der Waals surface area (Å²) in [5.41, 5.74) is 0.865. The van der Waals surface area contributed by atoms with Crippen LogP contribution in [0.4, 0.5) is 0 Å². The predicted octanol–water partition coefficient (Wildman–Crippen LogP) is 2.03. The molecule has 0 saturated carbocycles. The highest BCUT2D eigenvalue weighted by Crippen LogP contribution is 2.24. The third-order valence-electron chi connectivity index (χ3n) is 3.87. The largest absolute Gasteiger partial charge is 0.497 e. The highest BCUT2D eigenvalue weighted by molar-refractivity contribution is 5.92. The van der Waals surface area contributed by atoms with Crippen molar-refractivity contribution in [3.8, 4) is 5.75 Å². The van der Waals surface area contributed by atoms with Crippen LogP contribution in [-0.4, -0.2) is 41.6 Å². The Hall–Kier alpha value is -2.30. The Labute approximate surface area is 123 Å². The number of methoxy groups -OCH3 is 1. The highest BCUT2D eigenvalue weighted by atomic mass is 16.5. The van der Waals surface area contributed by atoms with Gasteiger partial charge >= 0.3 is 5.97 Å². The fourth-order valence-electron chi connectivity index (χ4n) is 2.59. The van der Waals surface area contributed by atoms with Gasteiger partial charge in [0.15, 0.2) is 0 Å². The molecule has 1 aliphatic heterocycles. The lowest BCUT2D eigenvalue weighted by molar-refractivity contribution is -0.142. The van der Waals surface area contributed by atoms with Gasteiger partial charge in [0.1, 0.15) is 5.75 Å². The van der Waals surface area contributed by atoms with E-state index in [2.05, 4.69) is 0 Å². The minimum atomic E-state index is -0.838. The van der Waals surface area contributed by atoms with Crippen LogP contribution in [-0.2, 0) is 9.59 Å². The Morgan fingerprint density at radius 2 is 2.19 bits per heavy atom. The fourth-order valence-corrected chi connectivity index (χ4v) is 2.59. The molecule has 0 bridgehead atoms. The smallest absolute Gasteiger partial charge is 0.308 e. The summed E-state index contributed by atoms with van der Waals surface area (Å²) in [6.07, 6.45) is 3.70. The molecular formula is C16H19NO4. The van der Waals surface area contributed by atoms with Gasteiger partial charge < -0.3 is 14.7 Å². The summed E-state index contributed by atoms with van der Waals surface area (Å²) in [5, 5.41) is 9.08. The van der Waals surface area contributed by atoms with Crippen LogP contribution in [0.2, 0.25) is 0 Å². The minimum Gasteiger partial charge on any atom is -0.497 e. The number of amides is 1. The van der Waals surface area contributed by atoms with E-state index in [1.54, 1.807) is 25.0 Å². The zero-order valence-electron chi connectivity index (χ0n) is 12.2. The number of benzene rings is 1. The molecule has 2 atom stereocenters. The summed E-state index contributed by atoms with van der Waals surface area (Å²) < 4.78 is 5.12. The van der Waals surface area contributed by atoms with Crippen molar-refractivity contribution in [1.29, 1.82) is 0 Å². The van der Waals surface area contributed by atoms with Crippen molar-refractivity contribution in [2.75, 3.05) is 13.7 Å². The van der Waals surface area contributed by atoms with Crippen LogP contribution in [0.3, 0.4) is 0 Å². The van der Waals surface area contributed by atoms with E-state index in [-0.39, 0.29) is 11.9 Å². The van der Waals surface area contributed by atoms with E-state index in [9.17, 15) is 9.59 Å². The van der Waals surface area contributed by atoms with Crippen molar-refractivity contribution in [2.45, 2.75) is 19.4 Å². The zero-order chi connectivity index (χ0) is 15.4. The monoisotopic (exact) mass is 289 g/mol. The number of carbonyl (C=O) groups excluding carboxylic acids is 1. The van der Waals surface area contributed by atoms with Crippen LogP contribution in [0, 0.1) is 5.92 Å². The maximum atomic E-state index is 12.2. The molecule has 1 N–H and O–H groups in total. The Balaban J connectivity index is 2.04. The quantitative estimate of drug-likeness (QED) is 0.861. The molecule has 0 aromatic heterocycles. The lowest BCUT2D eigenvalue weighted by atomic mass is 10.0. The third kappa shape index (κ3) is 3.42. The van der Waals surface area contributed by atoms with Crippen molar-refractivity contribution < 1.29 is 19.4 Å².